The zero-order chi connectivity index (χ0) is 33.1. The Bertz CT molecular complexity index is 1480. The Morgan fingerprint density at radius 1 is 0.622 bits per heavy atom. The quantitative estimate of drug-likeness (QED) is 0.106. The van der Waals surface area contributed by atoms with Crippen molar-refractivity contribution in [3.05, 3.63) is 71.3 Å². The van der Waals surface area contributed by atoms with Crippen LogP contribution >= 0.6 is 0 Å². The summed E-state index contributed by atoms with van der Waals surface area (Å²) in [6.45, 7) is 0.203. The van der Waals surface area contributed by atoms with Crippen molar-refractivity contribution in [3.8, 4) is 34.5 Å². The fraction of sp³-hybridized carbons (Fsp3) is 0.267. The summed E-state index contributed by atoms with van der Waals surface area (Å²) in [5.41, 5.74) is -0.576. The number of para-hydroxylation sites is 3. The summed E-state index contributed by atoms with van der Waals surface area (Å²) in [6, 6.07) is 10.8. The molecule has 0 aliphatic rings. The molecule has 0 bridgehead atoms. The molecule has 3 aromatic rings. The molecule has 10 N–H and O–H groups in total. The zero-order valence-electron chi connectivity index (χ0n) is 23.9. The second-order valence-electron chi connectivity index (χ2n) is 9.94. The van der Waals surface area contributed by atoms with Gasteiger partial charge in [-0.3, -0.25) is 24.1 Å². The summed E-state index contributed by atoms with van der Waals surface area (Å²) in [7, 11) is 0. The van der Waals surface area contributed by atoms with Crippen LogP contribution in [0.1, 0.15) is 43.9 Å². The van der Waals surface area contributed by atoms with Crippen LogP contribution in [-0.4, -0.2) is 103 Å². The summed E-state index contributed by atoms with van der Waals surface area (Å²) in [5, 5.41) is 76.4. The molecule has 0 aliphatic heterocycles. The van der Waals surface area contributed by atoms with E-state index in [-0.39, 0.29) is 62.3 Å². The smallest absolute Gasteiger partial charge is 0.303 e. The number of hydrogen-bond donors (Lipinski definition) is 10. The number of aliphatic carboxylic acids is 1. The van der Waals surface area contributed by atoms with Crippen LogP contribution in [0.5, 0.6) is 34.5 Å². The number of nitrogens with zero attached hydrogens (tertiary/aromatic N) is 1. The number of carboxylic acid groups (broad SMARTS) is 1. The van der Waals surface area contributed by atoms with Crippen molar-refractivity contribution in [1.82, 2.24) is 20.9 Å². The van der Waals surface area contributed by atoms with Crippen molar-refractivity contribution in [2.24, 2.45) is 0 Å². The van der Waals surface area contributed by atoms with E-state index < -0.39 is 64.2 Å². The normalized spacial score (nSPS) is 11.5. The highest BCUT2D eigenvalue weighted by molar-refractivity contribution is 5.98. The van der Waals surface area contributed by atoms with Crippen LogP contribution in [0.4, 0.5) is 0 Å². The van der Waals surface area contributed by atoms with E-state index >= 15 is 0 Å². The molecule has 45 heavy (non-hydrogen) atoms. The lowest BCUT2D eigenvalue weighted by molar-refractivity contribution is -0.137. The summed E-state index contributed by atoms with van der Waals surface area (Å²) in [4.78, 5) is 51.2. The molecule has 1 atom stereocenters. The maximum Gasteiger partial charge on any atom is 0.303 e. The number of benzene rings is 3. The van der Waals surface area contributed by atoms with Gasteiger partial charge >= 0.3 is 5.97 Å². The van der Waals surface area contributed by atoms with Crippen molar-refractivity contribution in [2.45, 2.75) is 18.9 Å². The summed E-state index contributed by atoms with van der Waals surface area (Å²) in [5.74, 6) is -6.62. The molecule has 240 valence electrons. The predicted molar refractivity (Wildman–Crippen MR) is 159 cm³/mol. The second-order valence-corrected chi connectivity index (χ2v) is 9.94. The van der Waals surface area contributed by atoms with Crippen LogP contribution in [0.15, 0.2) is 54.6 Å². The third-order valence-corrected chi connectivity index (χ3v) is 6.73. The SMILES string of the molecule is O=C(O)CCC(CN(CCNC(=O)c1cccc(O)c1O)CCNC(=O)c1cccc(O)c1O)NC(=O)c1cccc(O)c1O. The monoisotopic (exact) mass is 626 g/mol. The number of aromatic hydroxyl groups is 6. The van der Waals surface area contributed by atoms with E-state index in [1.54, 1.807) is 4.90 Å². The highest BCUT2D eigenvalue weighted by Crippen LogP contribution is 2.29. The van der Waals surface area contributed by atoms with E-state index in [4.69, 9.17) is 0 Å². The molecule has 15 nitrogen and oxygen atoms in total. The molecule has 0 heterocycles. The highest BCUT2D eigenvalue weighted by Gasteiger charge is 2.22. The molecule has 3 rings (SSSR count). The van der Waals surface area contributed by atoms with Gasteiger partial charge in [0.15, 0.2) is 34.5 Å². The van der Waals surface area contributed by atoms with E-state index in [1.807, 2.05) is 0 Å². The second kappa shape index (κ2) is 15.7. The molecule has 3 aromatic carbocycles. The summed E-state index contributed by atoms with van der Waals surface area (Å²) >= 11 is 0. The van der Waals surface area contributed by atoms with Gasteiger partial charge in [0.25, 0.3) is 17.7 Å². The van der Waals surface area contributed by atoms with Gasteiger partial charge in [-0.25, -0.2) is 0 Å². The van der Waals surface area contributed by atoms with Crippen molar-refractivity contribution in [2.75, 3.05) is 32.7 Å². The molecule has 0 saturated carbocycles. The lowest BCUT2D eigenvalue weighted by atomic mass is 10.1. The van der Waals surface area contributed by atoms with Crippen molar-refractivity contribution >= 4 is 23.7 Å². The lowest BCUT2D eigenvalue weighted by Crippen LogP contribution is -2.48. The van der Waals surface area contributed by atoms with Gasteiger partial charge in [0.2, 0.25) is 0 Å². The minimum atomic E-state index is -1.13. The first-order chi connectivity index (χ1) is 21.4. The Morgan fingerprint density at radius 3 is 1.42 bits per heavy atom. The van der Waals surface area contributed by atoms with Gasteiger partial charge in [0.1, 0.15) is 0 Å². The standard InChI is InChI=1S/C30H34N4O11/c35-21-7-1-4-18(25(21)40)28(43)31-12-14-34(15-13-32-29(44)19-5-2-8-22(36)26(19)41)16-17(10-11-24(38)39)33-30(45)20-6-3-9-23(37)27(20)42/h1-9,17,35-37,40-42H,10-16H2,(H,31,43)(H,32,44)(H,33,45)(H,38,39). The zero-order valence-corrected chi connectivity index (χ0v) is 23.9. The maximum atomic E-state index is 12.9. The minimum absolute atomic E-state index is 0.0117. The molecule has 0 spiro atoms. The van der Waals surface area contributed by atoms with E-state index in [0.717, 1.165) is 0 Å². The molecule has 0 radical (unpaired) electrons. The van der Waals surface area contributed by atoms with Crippen LogP contribution in [-0.2, 0) is 4.79 Å². The number of carboxylic acids is 1. The van der Waals surface area contributed by atoms with Gasteiger partial charge in [0, 0.05) is 45.2 Å². The van der Waals surface area contributed by atoms with Gasteiger partial charge in [-0.15, -0.1) is 0 Å². The fourth-order valence-corrected chi connectivity index (χ4v) is 4.37. The molecule has 3 amide bonds. The van der Waals surface area contributed by atoms with Gasteiger partial charge in [-0.05, 0) is 42.8 Å². The van der Waals surface area contributed by atoms with Gasteiger partial charge in [0.05, 0.1) is 16.7 Å². The van der Waals surface area contributed by atoms with Crippen LogP contribution in [0, 0.1) is 0 Å². The number of amides is 3. The fourth-order valence-electron chi connectivity index (χ4n) is 4.37. The number of rotatable bonds is 15. The Labute approximate surface area is 257 Å². The van der Waals surface area contributed by atoms with E-state index in [0.29, 0.717) is 0 Å². The van der Waals surface area contributed by atoms with E-state index in [1.165, 1.54) is 54.6 Å². The topological polar surface area (TPSA) is 249 Å². The molecular formula is C30H34N4O11. The molecule has 0 fully saturated rings. The van der Waals surface area contributed by atoms with Crippen molar-refractivity contribution < 1.29 is 54.9 Å². The number of carbonyl (C=O) groups excluding carboxylic acids is 3. The van der Waals surface area contributed by atoms with Gasteiger partial charge in [-0.2, -0.15) is 0 Å². The third-order valence-electron chi connectivity index (χ3n) is 6.73. The first kappa shape index (κ1) is 33.8. The lowest BCUT2D eigenvalue weighted by Gasteiger charge is -2.28. The van der Waals surface area contributed by atoms with Crippen LogP contribution in [0.25, 0.3) is 0 Å². The van der Waals surface area contributed by atoms with Crippen molar-refractivity contribution in [3.63, 3.8) is 0 Å². The largest absolute Gasteiger partial charge is 0.504 e. The summed E-state index contributed by atoms with van der Waals surface area (Å²) in [6.07, 6.45) is -0.365. The Morgan fingerprint density at radius 2 is 1.02 bits per heavy atom. The molecular weight excluding hydrogens is 592 g/mol. The van der Waals surface area contributed by atoms with Crippen molar-refractivity contribution in [1.29, 1.82) is 0 Å². The van der Waals surface area contributed by atoms with Crippen LogP contribution in [0.2, 0.25) is 0 Å². The molecule has 1 unspecified atom stereocenters. The first-order valence-corrected chi connectivity index (χ1v) is 13.7. The van der Waals surface area contributed by atoms with Crippen LogP contribution in [0.3, 0.4) is 0 Å². The van der Waals surface area contributed by atoms with Crippen LogP contribution < -0.4 is 16.0 Å². The summed E-state index contributed by atoms with van der Waals surface area (Å²) < 4.78 is 0. The molecule has 0 saturated heterocycles. The number of hydrogen-bond acceptors (Lipinski definition) is 11. The molecule has 0 aromatic heterocycles. The average molecular weight is 627 g/mol. The Hall–Kier alpha value is -5.70. The highest BCUT2D eigenvalue weighted by atomic mass is 16.4. The predicted octanol–water partition coefficient (Wildman–Crippen LogP) is 1.05. The number of carbonyl (C=O) groups is 4. The van der Waals surface area contributed by atoms with Gasteiger partial charge in [-0.1, -0.05) is 18.2 Å². The number of phenolic OH excluding ortho intramolecular Hbond substituents is 6. The third kappa shape index (κ3) is 9.39. The van der Waals surface area contributed by atoms with E-state index in [2.05, 4.69) is 16.0 Å². The number of phenols is 6. The Balaban J connectivity index is 1.74. The number of nitrogens with one attached hydrogen (secondary N) is 3. The average Bonchev–Trinajstić information content (AvgIpc) is 2.99. The minimum Gasteiger partial charge on any atom is -0.504 e. The maximum absolute atomic E-state index is 12.9. The van der Waals surface area contributed by atoms with E-state index in [9.17, 15) is 54.9 Å². The van der Waals surface area contributed by atoms with Gasteiger partial charge < -0.3 is 51.7 Å². The first-order valence-electron chi connectivity index (χ1n) is 13.7. The Kier molecular flexibility index (Phi) is 11.8. The molecule has 15 heteroatoms. The molecule has 0 aliphatic carbocycles.